The molecule has 0 saturated heterocycles. The minimum absolute atomic E-state index is 0.00315. The average Bonchev–Trinajstić information content (AvgIpc) is 3.07. The van der Waals surface area contributed by atoms with E-state index in [1.165, 1.54) is 11.8 Å². The second-order valence-electron chi connectivity index (χ2n) is 6.55. The van der Waals surface area contributed by atoms with Gasteiger partial charge in [0, 0.05) is 30.0 Å². The maximum absolute atomic E-state index is 12.7. The van der Waals surface area contributed by atoms with Crippen LogP contribution >= 0.6 is 23.5 Å². The molecular weight excluding hydrogens is 398 g/mol. The van der Waals surface area contributed by atoms with Crippen LogP contribution in [0.15, 0.2) is 33.0 Å². The molecule has 3 heterocycles. The van der Waals surface area contributed by atoms with Gasteiger partial charge in [-0.25, -0.2) is 4.98 Å². The monoisotopic (exact) mass is 419 g/mol. The average molecular weight is 420 g/mol. The molecule has 0 aliphatic carbocycles. The quantitative estimate of drug-likeness (QED) is 0.589. The highest BCUT2D eigenvalue weighted by atomic mass is 32.2. The number of benzene rings is 1. The highest BCUT2D eigenvalue weighted by Crippen LogP contribution is 2.34. The number of nitrogens with one attached hydrogen (secondary N) is 1. The number of rotatable bonds is 5. The molecule has 4 rings (SSSR count). The van der Waals surface area contributed by atoms with Crippen molar-refractivity contribution >= 4 is 35.1 Å². The van der Waals surface area contributed by atoms with Crippen LogP contribution in [0.2, 0.25) is 0 Å². The van der Waals surface area contributed by atoms with Crippen molar-refractivity contribution in [2.45, 2.75) is 42.1 Å². The van der Waals surface area contributed by atoms with Gasteiger partial charge in [-0.1, -0.05) is 18.7 Å². The van der Waals surface area contributed by atoms with Crippen molar-refractivity contribution in [2.24, 2.45) is 0 Å². The third-order valence-electron chi connectivity index (χ3n) is 4.44. The van der Waals surface area contributed by atoms with Gasteiger partial charge in [-0.15, -0.1) is 11.8 Å². The number of hydrogen-bond acceptors (Lipinski definition) is 7. The zero-order chi connectivity index (χ0) is 19.7. The van der Waals surface area contributed by atoms with Gasteiger partial charge in [0.05, 0.1) is 16.3 Å². The standard InChI is InChI=1S/C19H21N3O4S2/c1-3-22-18(24)17-13(8-11(2)28-17)21-19(22)27-10-16(23)20-12-4-5-14-15(9-12)26-7-6-25-14/h4-5,9,11H,3,6-8,10H2,1-2H3,(H,20,23)/t11-/m0/s1. The molecule has 1 aromatic heterocycles. The third kappa shape index (κ3) is 3.86. The minimum Gasteiger partial charge on any atom is -0.486 e. The number of carbonyl (C=O) groups is 1. The Morgan fingerprint density at radius 2 is 2.14 bits per heavy atom. The topological polar surface area (TPSA) is 82.5 Å². The molecule has 1 aromatic carbocycles. The summed E-state index contributed by atoms with van der Waals surface area (Å²) in [4.78, 5) is 30.5. The molecule has 0 spiro atoms. The van der Waals surface area contributed by atoms with Crippen molar-refractivity contribution in [1.82, 2.24) is 9.55 Å². The fourth-order valence-corrected chi connectivity index (χ4v) is 5.16. The summed E-state index contributed by atoms with van der Waals surface area (Å²) < 4.78 is 12.7. The SMILES string of the molecule is CCn1c(SCC(=O)Nc2ccc3c(c2)OCCO3)nc2c(c1=O)S[C@@H](C)C2. The van der Waals surface area contributed by atoms with E-state index in [0.29, 0.717) is 47.4 Å². The van der Waals surface area contributed by atoms with Crippen molar-refractivity contribution in [3.8, 4) is 11.5 Å². The Balaban J connectivity index is 1.45. The largest absolute Gasteiger partial charge is 0.486 e. The van der Waals surface area contributed by atoms with Crippen LogP contribution in [0.4, 0.5) is 5.69 Å². The van der Waals surface area contributed by atoms with E-state index < -0.39 is 0 Å². The summed E-state index contributed by atoms with van der Waals surface area (Å²) in [5, 5.41) is 3.82. The van der Waals surface area contributed by atoms with Crippen molar-refractivity contribution < 1.29 is 14.3 Å². The molecule has 1 atom stereocenters. The minimum atomic E-state index is -0.165. The molecule has 28 heavy (non-hydrogen) atoms. The predicted octanol–water partition coefficient (Wildman–Crippen LogP) is 2.80. The summed E-state index contributed by atoms with van der Waals surface area (Å²) >= 11 is 2.87. The molecule has 0 unspecified atom stereocenters. The summed E-state index contributed by atoms with van der Waals surface area (Å²) in [7, 11) is 0. The summed E-state index contributed by atoms with van der Waals surface area (Å²) in [5.74, 6) is 1.31. The predicted molar refractivity (Wildman–Crippen MR) is 110 cm³/mol. The van der Waals surface area contributed by atoms with Gasteiger partial charge in [0.1, 0.15) is 13.2 Å². The Hall–Kier alpha value is -2.13. The van der Waals surface area contributed by atoms with Gasteiger partial charge in [-0.2, -0.15) is 0 Å². The molecule has 0 radical (unpaired) electrons. The number of nitrogens with zero attached hydrogens (tertiary/aromatic N) is 2. The van der Waals surface area contributed by atoms with E-state index in [9.17, 15) is 9.59 Å². The molecule has 1 amide bonds. The summed E-state index contributed by atoms with van der Waals surface area (Å²) in [5.41, 5.74) is 1.49. The zero-order valence-electron chi connectivity index (χ0n) is 15.7. The van der Waals surface area contributed by atoms with Crippen molar-refractivity contribution in [3.05, 3.63) is 34.2 Å². The molecule has 0 saturated carbocycles. The lowest BCUT2D eigenvalue weighted by Gasteiger charge is -2.19. The van der Waals surface area contributed by atoms with Crippen LogP contribution in [0.25, 0.3) is 0 Å². The second-order valence-corrected chi connectivity index (χ2v) is 8.94. The number of hydrogen-bond donors (Lipinski definition) is 1. The molecule has 9 heteroatoms. The second kappa shape index (κ2) is 8.08. The number of carbonyl (C=O) groups excluding carboxylic acids is 1. The van der Waals surface area contributed by atoms with Crippen molar-refractivity contribution in [2.75, 3.05) is 24.3 Å². The lowest BCUT2D eigenvalue weighted by atomic mass is 10.2. The number of amides is 1. The molecule has 148 valence electrons. The molecule has 1 N–H and O–H groups in total. The van der Waals surface area contributed by atoms with E-state index in [4.69, 9.17) is 9.47 Å². The van der Waals surface area contributed by atoms with Crippen LogP contribution in [0, 0.1) is 0 Å². The van der Waals surface area contributed by atoms with Crippen LogP contribution in [0.5, 0.6) is 11.5 Å². The number of anilines is 1. The summed E-state index contributed by atoms with van der Waals surface area (Å²) in [6, 6.07) is 5.32. The van der Waals surface area contributed by atoms with Gasteiger partial charge in [0.15, 0.2) is 16.7 Å². The maximum Gasteiger partial charge on any atom is 0.268 e. The Morgan fingerprint density at radius 3 is 2.93 bits per heavy atom. The molecule has 7 nitrogen and oxygen atoms in total. The zero-order valence-corrected chi connectivity index (χ0v) is 17.3. The van der Waals surface area contributed by atoms with Gasteiger partial charge in [0.25, 0.3) is 5.56 Å². The van der Waals surface area contributed by atoms with Crippen LogP contribution < -0.4 is 20.3 Å². The Bertz CT molecular complexity index is 976. The number of fused-ring (bicyclic) bond motifs is 2. The van der Waals surface area contributed by atoms with Crippen LogP contribution in [0.3, 0.4) is 0 Å². The van der Waals surface area contributed by atoms with Crippen LogP contribution in [-0.2, 0) is 17.8 Å². The first-order chi connectivity index (χ1) is 13.5. The molecular formula is C19H21N3O4S2. The maximum atomic E-state index is 12.7. The molecule has 0 bridgehead atoms. The Kier molecular flexibility index (Phi) is 5.54. The lowest BCUT2D eigenvalue weighted by molar-refractivity contribution is -0.113. The highest BCUT2D eigenvalue weighted by Gasteiger charge is 2.26. The van der Waals surface area contributed by atoms with E-state index in [2.05, 4.69) is 17.2 Å². The Morgan fingerprint density at radius 1 is 1.36 bits per heavy atom. The van der Waals surface area contributed by atoms with Gasteiger partial charge in [-0.05, 0) is 19.1 Å². The normalized spacial score (nSPS) is 17.3. The van der Waals surface area contributed by atoms with Crippen molar-refractivity contribution in [1.29, 1.82) is 0 Å². The van der Waals surface area contributed by atoms with E-state index in [-0.39, 0.29) is 17.2 Å². The number of thioether (sulfide) groups is 2. The van der Waals surface area contributed by atoms with Gasteiger partial charge in [-0.3, -0.25) is 14.2 Å². The third-order valence-corrected chi connectivity index (χ3v) is 6.63. The number of ether oxygens (including phenoxy) is 2. The van der Waals surface area contributed by atoms with E-state index in [1.807, 2.05) is 6.92 Å². The fraction of sp³-hybridized carbons (Fsp3) is 0.421. The first-order valence-corrected chi connectivity index (χ1v) is 11.0. The fourth-order valence-electron chi connectivity index (χ4n) is 3.17. The first kappa shape index (κ1) is 19.2. The molecule has 2 aliphatic rings. The van der Waals surface area contributed by atoms with E-state index in [0.717, 1.165) is 17.0 Å². The van der Waals surface area contributed by atoms with Gasteiger partial charge in [0.2, 0.25) is 5.91 Å². The van der Waals surface area contributed by atoms with Gasteiger partial charge < -0.3 is 14.8 Å². The van der Waals surface area contributed by atoms with Crippen LogP contribution in [-0.4, -0.2) is 39.7 Å². The van der Waals surface area contributed by atoms with Gasteiger partial charge >= 0.3 is 0 Å². The summed E-state index contributed by atoms with van der Waals surface area (Å²) in [6.45, 7) is 5.56. The summed E-state index contributed by atoms with van der Waals surface area (Å²) in [6.07, 6.45) is 0.788. The van der Waals surface area contributed by atoms with Crippen LogP contribution in [0.1, 0.15) is 19.5 Å². The molecule has 2 aliphatic heterocycles. The first-order valence-electron chi connectivity index (χ1n) is 9.17. The van der Waals surface area contributed by atoms with Crippen molar-refractivity contribution in [3.63, 3.8) is 0 Å². The molecule has 2 aromatic rings. The van der Waals surface area contributed by atoms with E-state index in [1.54, 1.807) is 34.5 Å². The number of aromatic nitrogens is 2. The highest BCUT2D eigenvalue weighted by molar-refractivity contribution is 8.00. The smallest absolute Gasteiger partial charge is 0.268 e. The molecule has 0 fully saturated rings. The lowest BCUT2D eigenvalue weighted by Crippen LogP contribution is -2.25. The van der Waals surface area contributed by atoms with E-state index >= 15 is 0 Å². The Labute approximate surface area is 171 Å².